The van der Waals surface area contributed by atoms with Crippen LogP contribution in [0, 0.1) is 0 Å². The van der Waals surface area contributed by atoms with E-state index in [2.05, 4.69) is 5.32 Å². The van der Waals surface area contributed by atoms with E-state index in [0.717, 1.165) is 5.56 Å². The third kappa shape index (κ3) is 5.99. The van der Waals surface area contributed by atoms with Gasteiger partial charge in [-0.3, -0.25) is 4.79 Å². The van der Waals surface area contributed by atoms with Crippen molar-refractivity contribution in [3.05, 3.63) is 83.9 Å². The molecule has 0 bridgehead atoms. The van der Waals surface area contributed by atoms with Gasteiger partial charge in [0.1, 0.15) is 17.1 Å². The second-order valence-electron chi connectivity index (χ2n) is 6.45. The van der Waals surface area contributed by atoms with Crippen LogP contribution in [0.2, 0.25) is 0 Å². The van der Waals surface area contributed by atoms with Gasteiger partial charge in [-0.1, -0.05) is 36.4 Å². The van der Waals surface area contributed by atoms with Crippen LogP contribution in [-0.4, -0.2) is 32.7 Å². The van der Waals surface area contributed by atoms with Crippen LogP contribution in [0.5, 0.6) is 23.0 Å². The van der Waals surface area contributed by atoms with E-state index in [9.17, 15) is 9.59 Å². The second-order valence-corrected chi connectivity index (χ2v) is 6.45. The highest BCUT2D eigenvalue weighted by Gasteiger charge is 2.16. The standard InChI is InChI=1S/C24H23NO6/c1-28-21-13-12-17(14-22(21)29-2)15-25-23(26)16-30-24(27)19-10-6-7-11-20(19)31-18-8-4-3-5-9-18/h3-14H,15-16H2,1-2H3,(H,25,26). The lowest BCUT2D eigenvalue weighted by Crippen LogP contribution is -2.28. The molecule has 0 saturated heterocycles. The van der Waals surface area contributed by atoms with Gasteiger partial charge in [0.2, 0.25) is 0 Å². The molecule has 160 valence electrons. The van der Waals surface area contributed by atoms with E-state index in [-0.39, 0.29) is 12.1 Å². The topological polar surface area (TPSA) is 83.1 Å². The average Bonchev–Trinajstić information content (AvgIpc) is 2.82. The first kappa shape index (κ1) is 21.7. The molecule has 3 aromatic rings. The number of hydrogen-bond donors (Lipinski definition) is 1. The second kappa shape index (κ2) is 10.7. The number of benzene rings is 3. The van der Waals surface area contributed by atoms with Gasteiger partial charge in [-0.05, 0) is 42.0 Å². The lowest BCUT2D eigenvalue weighted by atomic mass is 10.2. The van der Waals surface area contributed by atoms with Crippen molar-refractivity contribution in [3.8, 4) is 23.0 Å². The molecule has 0 saturated carbocycles. The minimum atomic E-state index is -0.646. The van der Waals surface area contributed by atoms with E-state index in [1.807, 2.05) is 24.3 Å². The van der Waals surface area contributed by atoms with Gasteiger partial charge in [-0.25, -0.2) is 4.79 Å². The van der Waals surface area contributed by atoms with Crippen molar-refractivity contribution in [3.63, 3.8) is 0 Å². The van der Waals surface area contributed by atoms with Crippen LogP contribution in [0.25, 0.3) is 0 Å². The molecular formula is C24H23NO6. The molecular weight excluding hydrogens is 398 g/mol. The van der Waals surface area contributed by atoms with Crippen molar-refractivity contribution >= 4 is 11.9 Å². The van der Waals surface area contributed by atoms with Gasteiger partial charge in [0.15, 0.2) is 18.1 Å². The van der Waals surface area contributed by atoms with Crippen LogP contribution < -0.4 is 19.5 Å². The summed E-state index contributed by atoms with van der Waals surface area (Å²) in [6, 6.07) is 21.1. The number of methoxy groups -OCH3 is 2. The molecule has 0 aliphatic heterocycles. The Hall–Kier alpha value is -4.00. The number of carbonyl (C=O) groups excluding carboxylic acids is 2. The minimum absolute atomic E-state index is 0.235. The number of ether oxygens (including phenoxy) is 4. The summed E-state index contributed by atoms with van der Waals surface area (Å²) >= 11 is 0. The van der Waals surface area contributed by atoms with Gasteiger partial charge in [0.05, 0.1) is 14.2 Å². The summed E-state index contributed by atoms with van der Waals surface area (Å²) in [5.41, 5.74) is 1.05. The maximum Gasteiger partial charge on any atom is 0.342 e. The number of amides is 1. The molecule has 0 aromatic heterocycles. The van der Waals surface area contributed by atoms with Crippen LogP contribution in [-0.2, 0) is 16.1 Å². The molecule has 31 heavy (non-hydrogen) atoms. The zero-order chi connectivity index (χ0) is 22.1. The molecule has 0 aliphatic carbocycles. The number of hydrogen-bond acceptors (Lipinski definition) is 6. The highest BCUT2D eigenvalue weighted by atomic mass is 16.5. The molecule has 1 N–H and O–H groups in total. The Balaban J connectivity index is 1.54. The normalized spacial score (nSPS) is 10.1. The van der Waals surface area contributed by atoms with Crippen molar-refractivity contribution in [2.75, 3.05) is 20.8 Å². The van der Waals surface area contributed by atoms with Crippen molar-refractivity contribution in [1.29, 1.82) is 0 Å². The molecule has 7 heteroatoms. The van der Waals surface area contributed by atoms with Crippen LogP contribution >= 0.6 is 0 Å². The Kier molecular flexibility index (Phi) is 7.48. The molecule has 1 amide bonds. The molecule has 0 unspecified atom stereocenters. The van der Waals surface area contributed by atoms with Gasteiger partial charge in [-0.2, -0.15) is 0 Å². The zero-order valence-corrected chi connectivity index (χ0v) is 17.3. The van der Waals surface area contributed by atoms with E-state index in [1.54, 1.807) is 62.8 Å². The zero-order valence-electron chi connectivity index (χ0n) is 17.3. The Morgan fingerprint density at radius 1 is 0.806 bits per heavy atom. The van der Waals surface area contributed by atoms with Crippen molar-refractivity contribution in [2.45, 2.75) is 6.54 Å². The summed E-state index contributed by atoms with van der Waals surface area (Å²) in [5.74, 6) is 1.04. The van der Waals surface area contributed by atoms with Crippen LogP contribution in [0.15, 0.2) is 72.8 Å². The molecule has 0 fully saturated rings. The quantitative estimate of drug-likeness (QED) is 0.527. The first-order valence-corrected chi connectivity index (χ1v) is 9.57. The fraction of sp³-hybridized carbons (Fsp3) is 0.167. The van der Waals surface area contributed by atoms with E-state index >= 15 is 0 Å². The van der Waals surface area contributed by atoms with Crippen molar-refractivity contribution in [2.24, 2.45) is 0 Å². The summed E-state index contributed by atoms with van der Waals surface area (Å²) < 4.78 is 21.4. The minimum Gasteiger partial charge on any atom is -0.493 e. The summed E-state index contributed by atoms with van der Waals surface area (Å²) in [6.07, 6.45) is 0. The molecule has 0 radical (unpaired) electrons. The SMILES string of the molecule is COc1ccc(CNC(=O)COC(=O)c2ccccc2Oc2ccccc2)cc1OC. The summed E-state index contributed by atoms with van der Waals surface area (Å²) in [4.78, 5) is 24.6. The molecule has 7 nitrogen and oxygen atoms in total. The number of rotatable bonds is 9. The predicted octanol–water partition coefficient (Wildman–Crippen LogP) is 3.97. The van der Waals surface area contributed by atoms with E-state index in [1.165, 1.54) is 0 Å². The maximum absolute atomic E-state index is 12.5. The first-order valence-electron chi connectivity index (χ1n) is 9.57. The maximum atomic E-state index is 12.5. The molecule has 0 heterocycles. The van der Waals surface area contributed by atoms with Gasteiger partial charge in [0.25, 0.3) is 5.91 Å². The van der Waals surface area contributed by atoms with Gasteiger partial charge in [-0.15, -0.1) is 0 Å². The number of carbonyl (C=O) groups is 2. The summed E-state index contributed by atoms with van der Waals surface area (Å²) in [6.45, 7) is -0.157. The first-order chi connectivity index (χ1) is 15.1. The molecule has 0 spiro atoms. The monoisotopic (exact) mass is 421 g/mol. The lowest BCUT2D eigenvalue weighted by molar-refractivity contribution is -0.124. The van der Waals surface area contributed by atoms with Gasteiger partial charge < -0.3 is 24.3 Å². The number of esters is 1. The fourth-order valence-electron chi connectivity index (χ4n) is 2.79. The molecule has 3 aromatic carbocycles. The third-order valence-electron chi connectivity index (χ3n) is 4.35. The lowest BCUT2D eigenvalue weighted by Gasteiger charge is -2.12. The van der Waals surface area contributed by atoms with Crippen molar-refractivity contribution < 1.29 is 28.5 Å². The van der Waals surface area contributed by atoms with Crippen LogP contribution in [0.3, 0.4) is 0 Å². The number of nitrogens with one attached hydrogen (secondary N) is 1. The van der Waals surface area contributed by atoms with Crippen molar-refractivity contribution in [1.82, 2.24) is 5.32 Å². The smallest absolute Gasteiger partial charge is 0.342 e. The average molecular weight is 421 g/mol. The Labute approximate surface area is 180 Å². The van der Waals surface area contributed by atoms with E-state index < -0.39 is 18.5 Å². The largest absolute Gasteiger partial charge is 0.493 e. The summed E-state index contributed by atoms with van der Waals surface area (Å²) in [5, 5.41) is 2.71. The van der Waals surface area contributed by atoms with E-state index in [0.29, 0.717) is 23.0 Å². The predicted molar refractivity (Wildman–Crippen MR) is 115 cm³/mol. The molecule has 0 aliphatic rings. The van der Waals surface area contributed by atoms with Crippen LogP contribution in [0.1, 0.15) is 15.9 Å². The third-order valence-corrected chi connectivity index (χ3v) is 4.35. The molecule has 0 atom stereocenters. The van der Waals surface area contributed by atoms with Gasteiger partial charge in [0, 0.05) is 6.54 Å². The Morgan fingerprint density at radius 2 is 1.52 bits per heavy atom. The fourth-order valence-corrected chi connectivity index (χ4v) is 2.79. The molecule has 3 rings (SSSR count). The van der Waals surface area contributed by atoms with E-state index in [4.69, 9.17) is 18.9 Å². The summed E-state index contributed by atoms with van der Waals surface area (Å²) in [7, 11) is 3.09. The van der Waals surface area contributed by atoms with Gasteiger partial charge >= 0.3 is 5.97 Å². The Bertz CT molecular complexity index is 1040. The highest BCUT2D eigenvalue weighted by Crippen LogP contribution is 2.27. The number of para-hydroxylation sites is 2. The highest BCUT2D eigenvalue weighted by molar-refractivity contribution is 5.94. The van der Waals surface area contributed by atoms with Crippen LogP contribution in [0.4, 0.5) is 0 Å². The Morgan fingerprint density at radius 3 is 2.26 bits per heavy atom.